The monoisotopic (exact) mass is 359 g/mol. The minimum atomic E-state index is -0.621. The minimum Gasteiger partial charge on any atom is -0.462 e. The highest BCUT2D eigenvalue weighted by atomic mass is 19.1. The summed E-state index contributed by atoms with van der Waals surface area (Å²) in [6.07, 6.45) is 0.291. The number of benzene rings is 1. The lowest BCUT2D eigenvalue weighted by atomic mass is 9.92. The van der Waals surface area contributed by atoms with Crippen LogP contribution in [0.5, 0.6) is 0 Å². The van der Waals surface area contributed by atoms with Crippen molar-refractivity contribution in [1.82, 2.24) is 4.57 Å². The van der Waals surface area contributed by atoms with E-state index in [-0.39, 0.29) is 29.7 Å². The number of hydrogen-bond acceptors (Lipinski definition) is 3. The molecule has 0 bridgehead atoms. The van der Waals surface area contributed by atoms with Gasteiger partial charge in [-0.2, -0.15) is 0 Å². The lowest BCUT2D eigenvalue weighted by molar-refractivity contribution is -0.160. The molecule has 1 N–H and O–H groups in total. The van der Waals surface area contributed by atoms with Gasteiger partial charge in [-0.3, -0.25) is 4.79 Å². The zero-order valence-corrected chi connectivity index (χ0v) is 15.5. The predicted molar refractivity (Wildman–Crippen MR) is 98.3 cm³/mol. The number of aliphatic hydroxyl groups excluding tert-OH is 1. The maximum atomic E-state index is 13.3. The molecule has 5 heteroatoms. The second-order valence-electron chi connectivity index (χ2n) is 8.01. The summed E-state index contributed by atoms with van der Waals surface area (Å²) < 4.78 is 20.9. The number of cyclic esters (lactones) is 1. The van der Waals surface area contributed by atoms with Gasteiger partial charge in [-0.05, 0) is 42.0 Å². The summed E-state index contributed by atoms with van der Waals surface area (Å²) in [6.45, 7) is 7.12. The molecule has 3 rings (SSSR count). The Morgan fingerprint density at radius 3 is 2.50 bits per heavy atom. The van der Waals surface area contributed by atoms with Gasteiger partial charge in [0.25, 0.3) is 0 Å². The third-order valence-corrected chi connectivity index (χ3v) is 4.80. The largest absolute Gasteiger partial charge is 0.462 e. The van der Waals surface area contributed by atoms with E-state index in [4.69, 9.17) is 4.74 Å². The van der Waals surface area contributed by atoms with Gasteiger partial charge in [0.05, 0.1) is 12.5 Å². The molecule has 0 radical (unpaired) electrons. The van der Waals surface area contributed by atoms with Gasteiger partial charge in [-0.1, -0.05) is 20.8 Å². The van der Waals surface area contributed by atoms with E-state index >= 15 is 0 Å². The molecule has 140 valence electrons. The van der Waals surface area contributed by atoms with Crippen LogP contribution in [0.3, 0.4) is 0 Å². The van der Waals surface area contributed by atoms with Gasteiger partial charge in [-0.25, -0.2) is 4.39 Å². The van der Waals surface area contributed by atoms with Gasteiger partial charge < -0.3 is 14.4 Å². The normalized spacial score (nSPS) is 20.9. The fourth-order valence-electron chi connectivity index (χ4n) is 3.55. The topological polar surface area (TPSA) is 51.5 Å². The summed E-state index contributed by atoms with van der Waals surface area (Å²) in [5, 5.41) is 9.81. The van der Waals surface area contributed by atoms with Gasteiger partial charge in [0.15, 0.2) is 0 Å². The number of ether oxygens (including phenoxy) is 1. The van der Waals surface area contributed by atoms with Crippen molar-refractivity contribution in [3.8, 4) is 11.3 Å². The molecule has 1 aromatic heterocycles. The van der Waals surface area contributed by atoms with Gasteiger partial charge in [0, 0.05) is 36.2 Å². The second kappa shape index (κ2) is 7.23. The maximum absolute atomic E-state index is 13.3. The molecule has 4 nitrogen and oxygen atoms in total. The number of esters is 1. The van der Waals surface area contributed by atoms with Crippen LogP contribution in [0.4, 0.5) is 4.39 Å². The molecule has 1 aliphatic rings. The Labute approximate surface area is 153 Å². The number of carbonyl (C=O) groups excluding carboxylic acids is 1. The van der Waals surface area contributed by atoms with E-state index in [2.05, 4.69) is 37.5 Å². The highest BCUT2D eigenvalue weighted by Gasteiger charge is 2.28. The third kappa shape index (κ3) is 4.15. The Bertz CT molecular complexity index is 774. The molecule has 1 fully saturated rings. The van der Waals surface area contributed by atoms with E-state index < -0.39 is 6.10 Å². The molecule has 0 saturated carbocycles. The first kappa shape index (κ1) is 18.6. The highest BCUT2D eigenvalue weighted by molar-refractivity contribution is 5.71. The number of aromatic nitrogens is 1. The van der Waals surface area contributed by atoms with E-state index in [0.717, 1.165) is 11.3 Å². The third-order valence-electron chi connectivity index (χ3n) is 4.80. The number of aliphatic hydroxyl groups is 1. The molecular formula is C21H26FNO3. The zero-order chi connectivity index (χ0) is 18.9. The Morgan fingerprint density at radius 2 is 1.88 bits per heavy atom. The maximum Gasteiger partial charge on any atom is 0.308 e. The predicted octanol–water partition coefficient (Wildman–Crippen LogP) is 4.05. The molecule has 2 atom stereocenters. The van der Waals surface area contributed by atoms with E-state index in [1.54, 1.807) is 12.1 Å². The van der Waals surface area contributed by atoms with Crippen LogP contribution < -0.4 is 0 Å². The summed E-state index contributed by atoms with van der Waals surface area (Å²) in [7, 11) is 0. The van der Waals surface area contributed by atoms with Crippen LogP contribution in [0.25, 0.3) is 11.3 Å². The van der Waals surface area contributed by atoms with Crippen LogP contribution >= 0.6 is 0 Å². The molecule has 0 amide bonds. The lowest BCUT2D eigenvalue weighted by Gasteiger charge is -2.28. The minimum absolute atomic E-state index is 0.0545. The number of rotatable bonds is 4. The molecule has 2 aromatic rings. The molecular weight excluding hydrogens is 333 g/mol. The Balaban J connectivity index is 1.87. The van der Waals surface area contributed by atoms with Crippen molar-refractivity contribution in [1.29, 1.82) is 0 Å². The molecule has 26 heavy (non-hydrogen) atoms. The molecule has 1 saturated heterocycles. The average molecular weight is 359 g/mol. The first-order chi connectivity index (χ1) is 12.2. The number of nitrogens with zero attached hydrogens (tertiary/aromatic N) is 1. The highest BCUT2D eigenvalue weighted by Crippen LogP contribution is 2.31. The SMILES string of the molecule is CC(C)(C)c1ccc(-c2ccc(F)cc2)n1CC[C@H]1C[C@H](O)CC(=O)O1. The Kier molecular flexibility index (Phi) is 5.19. The number of halogens is 1. The van der Waals surface area contributed by atoms with E-state index in [9.17, 15) is 14.3 Å². The van der Waals surface area contributed by atoms with Crippen molar-refractivity contribution < 1.29 is 19.0 Å². The first-order valence-electron chi connectivity index (χ1n) is 9.07. The van der Waals surface area contributed by atoms with E-state index in [1.165, 1.54) is 17.8 Å². The summed E-state index contributed by atoms with van der Waals surface area (Å²) >= 11 is 0. The van der Waals surface area contributed by atoms with Crippen molar-refractivity contribution in [3.05, 3.63) is 47.9 Å². The van der Waals surface area contributed by atoms with Gasteiger partial charge in [-0.15, -0.1) is 0 Å². The van der Waals surface area contributed by atoms with Crippen LogP contribution in [0.1, 0.15) is 45.7 Å². The molecule has 0 spiro atoms. The molecule has 0 aliphatic carbocycles. The summed E-state index contributed by atoms with van der Waals surface area (Å²) in [6, 6.07) is 10.6. The Hall–Kier alpha value is -2.14. The second-order valence-corrected chi connectivity index (χ2v) is 8.01. The van der Waals surface area contributed by atoms with Gasteiger partial charge >= 0.3 is 5.97 Å². The summed E-state index contributed by atoms with van der Waals surface area (Å²) in [4.78, 5) is 11.6. The van der Waals surface area contributed by atoms with E-state index in [1.807, 2.05) is 0 Å². The van der Waals surface area contributed by atoms with Crippen molar-refractivity contribution in [2.45, 2.75) is 64.2 Å². The fourth-order valence-corrected chi connectivity index (χ4v) is 3.55. The van der Waals surface area contributed by atoms with Crippen LogP contribution in [0, 0.1) is 5.82 Å². The summed E-state index contributed by atoms with van der Waals surface area (Å²) in [5.41, 5.74) is 3.07. The first-order valence-corrected chi connectivity index (χ1v) is 9.07. The van der Waals surface area contributed by atoms with Crippen LogP contribution in [0.2, 0.25) is 0 Å². The molecule has 0 unspecified atom stereocenters. The molecule has 1 aliphatic heterocycles. The number of carbonyl (C=O) groups is 1. The number of hydrogen-bond donors (Lipinski definition) is 1. The van der Waals surface area contributed by atoms with Crippen LogP contribution in [-0.4, -0.2) is 27.9 Å². The average Bonchev–Trinajstić information content (AvgIpc) is 2.97. The van der Waals surface area contributed by atoms with Gasteiger partial charge in [0.2, 0.25) is 0 Å². The van der Waals surface area contributed by atoms with Gasteiger partial charge in [0.1, 0.15) is 11.9 Å². The Morgan fingerprint density at radius 1 is 1.19 bits per heavy atom. The molecule has 1 aromatic carbocycles. The van der Waals surface area contributed by atoms with Crippen LogP contribution in [0.15, 0.2) is 36.4 Å². The van der Waals surface area contributed by atoms with Crippen LogP contribution in [-0.2, 0) is 21.5 Å². The van der Waals surface area contributed by atoms with Crippen molar-refractivity contribution in [2.24, 2.45) is 0 Å². The van der Waals surface area contributed by atoms with Crippen molar-refractivity contribution in [2.75, 3.05) is 0 Å². The zero-order valence-electron chi connectivity index (χ0n) is 15.5. The smallest absolute Gasteiger partial charge is 0.308 e. The standard InChI is InChI=1S/C21H26FNO3/c1-21(2,3)19-9-8-18(14-4-6-15(22)7-5-14)23(19)11-10-17-12-16(24)13-20(25)26-17/h4-9,16-17,24H,10-13H2,1-3H3/t16-,17-/m0/s1. The molecule has 2 heterocycles. The van der Waals surface area contributed by atoms with Crippen molar-refractivity contribution >= 4 is 5.97 Å². The quantitative estimate of drug-likeness (QED) is 0.838. The summed E-state index contributed by atoms with van der Waals surface area (Å²) in [5.74, 6) is -0.595. The lowest BCUT2D eigenvalue weighted by Crippen LogP contribution is -2.33. The van der Waals surface area contributed by atoms with Crippen molar-refractivity contribution in [3.63, 3.8) is 0 Å². The van der Waals surface area contributed by atoms with E-state index in [0.29, 0.717) is 19.4 Å². The fraction of sp³-hybridized carbons (Fsp3) is 0.476.